The van der Waals surface area contributed by atoms with Gasteiger partial charge in [0.2, 0.25) is 6.10 Å². The number of carboxylic acids is 1. The predicted octanol–water partition coefficient (Wildman–Crippen LogP) is 4.94. The molecule has 3 nitrogen and oxygen atoms in total. The van der Waals surface area contributed by atoms with Gasteiger partial charge in [-0.05, 0) is 35.9 Å². The highest BCUT2D eigenvalue weighted by Gasteiger charge is 2.48. The molecule has 1 aliphatic heterocycles. The Kier molecular flexibility index (Phi) is 4.20. The van der Waals surface area contributed by atoms with Crippen LogP contribution in [0.25, 0.3) is 17.2 Å². The minimum absolute atomic E-state index is 0.0738. The summed E-state index contributed by atoms with van der Waals surface area (Å²) in [4.78, 5) is 11.2. The van der Waals surface area contributed by atoms with Crippen molar-refractivity contribution in [1.82, 2.24) is 0 Å². The van der Waals surface area contributed by atoms with E-state index in [1.165, 1.54) is 30.3 Å². The highest BCUT2D eigenvalue weighted by atomic mass is 35.5. The van der Waals surface area contributed by atoms with Crippen LogP contribution in [0.5, 0.6) is 5.75 Å². The molecule has 0 spiro atoms. The number of fused-ring (bicyclic) bond motifs is 1. The van der Waals surface area contributed by atoms with E-state index in [9.17, 15) is 22.4 Å². The van der Waals surface area contributed by atoms with Crippen LogP contribution in [-0.4, -0.2) is 23.4 Å². The quantitative estimate of drug-likeness (QED) is 0.760. The predicted molar refractivity (Wildman–Crippen MR) is 82.9 cm³/mol. The van der Waals surface area contributed by atoms with Crippen molar-refractivity contribution in [1.29, 1.82) is 0 Å². The van der Waals surface area contributed by atoms with Crippen molar-refractivity contribution in [2.24, 2.45) is 0 Å². The molecule has 0 fully saturated rings. The van der Waals surface area contributed by atoms with Crippen LogP contribution in [0.1, 0.15) is 5.56 Å². The molecule has 3 rings (SSSR count). The molecule has 25 heavy (non-hydrogen) atoms. The number of rotatable bonds is 2. The Balaban J connectivity index is 2.24. The average molecular weight is 373 g/mol. The summed E-state index contributed by atoms with van der Waals surface area (Å²) in [7, 11) is 0. The smallest absolute Gasteiger partial charge is 0.430 e. The van der Waals surface area contributed by atoms with Gasteiger partial charge >= 0.3 is 12.1 Å². The second kappa shape index (κ2) is 6.07. The number of hydrogen-bond acceptors (Lipinski definition) is 2. The van der Waals surface area contributed by atoms with E-state index in [1.807, 2.05) is 0 Å². The summed E-state index contributed by atoms with van der Waals surface area (Å²) >= 11 is 5.98. The molecule has 1 N–H and O–H groups in total. The van der Waals surface area contributed by atoms with Crippen molar-refractivity contribution in [2.45, 2.75) is 12.3 Å². The van der Waals surface area contributed by atoms with Crippen molar-refractivity contribution in [3.63, 3.8) is 0 Å². The van der Waals surface area contributed by atoms with Gasteiger partial charge in [0, 0.05) is 16.1 Å². The first-order valence-corrected chi connectivity index (χ1v) is 7.32. The highest BCUT2D eigenvalue weighted by Crippen LogP contribution is 2.44. The molecule has 0 bridgehead atoms. The molecular formula is C17H9ClF4O3. The van der Waals surface area contributed by atoms with Crippen LogP contribution >= 0.6 is 11.6 Å². The van der Waals surface area contributed by atoms with Crippen molar-refractivity contribution < 1.29 is 32.2 Å². The first-order chi connectivity index (χ1) is 11.7. The van der Waals surface area contributed by atoms with Gasteiger partial charge in [-0.15, -0.1) is 0 Å². The zero-order chi connectivity index (χ0) is 18.4. The van der Waals surface area contributed by atoms with Crippen LogP contribution in [0.3, 0.4) is 0 Å². The van der Waals surface area contributed by atoms with Gasteiger partial charge in [0.05, 0.1) is 5.57 Å². The standard InChI is InChI=1S/C17H9ClF4O3/c18-10-4-9-6-13(16(23)24)15(17(20,21)22)25-14(9)12(7-10)8-2-1-3-11(19)5-8/h1-7,15H,(H,23,24). The second-order valence-electron chi connectivity index (χ2n) is 5.33. The number of hydrogen-bond donors (Lipinski definition) is 1. The van der Waals surface area contributed by atoms with Crippen molar-refractivity contribution in [3.8, 4) is 16.9 Å². The Morgan fingerprint density at radius 2 is 1.92 bits per heavy atom. The van der Waals surface area contributed by atoms with E-state index in [0.717, 1.165) is 12.1 Å². The monoisotopic (exact) mass is 372 g/mol. The second-order valence-corrected chi connectivity index (χ2v) is 5.76. The molecule has 0 saturated carbocycles. The fourth-order valence-electron chi connectivity index (χ4n) is 2.57. The maximum atomic E-state index is 13.5. The largest absolute Gasteiger partial charge is 0.478 e. The summed E-state index contributed by atoms with van der Waals surface area (Å²) in [5.41, 5.74) is -0.485. The van der Waals surface area contributed by atoms with Gasteiger partial charge in [0.1, 0.15) is 11.6 Å². The summed E-state index contributed by atoms with van der Waals surface area (Å²) < 4.78 is 58.1. The lowest BCUT2D eigenvalue weighted by molar-refractivity contribution is -0.187. The Hall–Kier alpha value is -2.54. The summed E-state index contributed by atoms with van der Waals surface area (Å²) in [6, 6.07) is 7.80. The first kappa shape index (κ1) is 17.3. The minimum atomic E-state index is -4.93. The molecule has 0 aliphatic carbocycles. The van der Waals surface area contributed by atoms with Crippen molar-refractivity contribution >= 4 is 23.6 Å². The number of aliphatic carboxylic acids is 1. The summed E-state index contributed by atoms with van der Waals surface area (Å²) in [6.07, 6.45) is -6.69. The van der Waals surface area contributed by atoms with E-state index in [-0.39, 0.29) is 27.5 Å². The molecular weight excluding hydrogens is 364 g/mol. The highest BCUT2D eigenvalue weighted by molar-refractivity contribution is 6.31. The Bertz CT molecular complexity index is 890. The van der Waals surface area contributed by atoms with E-state index in [1.54, 1.807) is 0 Å². The molecule has 2 aromatic carbocycles. The third kappa shape index (κ3) is 3.32. The van der Waals surface area contributed by atoms with Crippen molar-refractivity contribution in [3.05, 3.63) is 58.4 Å². The van der Waals surface area contributed by atoms with Crippen LogP contribution in [0.15, 0.2) is 42.0 Å². The molecule has 8 heteroatoms. The molecule has 1 aliphatic rings. The van der Waals surface area contributed by atoms with E-state index >= 15 is 0 Å². The molecule has 0 aromatic heterocycles. The van der Waals surface area contributed by atoms with Gasteiger partial charge in [0.25, 0.3) is 0 Å². The minimum Gasteiger partial charge on any atom is -0.478 e. The topological polar surface area (TPSA) is 46.5 Å². The lowest BCUT2D eigenvalue weighted by atomic mass is 9.95. The number of halogens is 5. The molecule has 1 unspecified atom stereocenters. The summed E-state index contributed by atoms with van der Waals surface area (Å²) in [5, 5.41) is 9.21. The van der Waals surface area contributed by atoms with E-state index in [0.29, 0.717) is 0 Å². The molecule has 1 heterocycles. The lowest BCUT2D eigenvalue weighted by Crippen LogP contribution is -2.40. The van der Waals surface area contributed by atoms with Crippen LogP contribution in [0.4, 0.5) is 17.6 Å². The van der Waals surface area contributed by atoms with Gasteiger partial charge < -0.3 is 9.84 Å². The fraction of sp³-hybridized carbons (Fsp3) is 0.118. The van der Waals surface area contributed by atoms with Crippen LogP contribution in [0.2, 0.25) is 5.02 Å². The number of ether oxygens (including phenoxy) is 1. The van der Waals surface area contributed by atoms with Gasteiger partial charge in [-0.3, -0.25) is 0 Å². The zero-order valence-corrected chi connectivity index (χ0v) is 13.0. The van der Waals surface area contributed by atoms with Crippen LogP contribution in [-0.2, 0) is 4.79 Å². The van der Waals surface area contributed by atoms with Gasteiger partial charge in [-0.1, -0.05) is 23.7 Å². The fourth-order valence-corrected chi connectivity index (χ4v) is 2.79. The molecule has 0 saturated heterocycles. The molecule has 0 radical (unpaired) electrons. The number of alkyl halides is 3. The summed E-state index contributed by atoms with van der Waals surface area (Å²) in [5.74, 6) is -2.54. The number of benzene rings is 2. The lowest BCUT2D eigenvalue weighted by Gasteiger charge is -2.28. The molecule has 130 valence electrons. The Labute approximate surface area is 144 Å². The van der Waals surface area contributed by atoms with Gasteiger partial charge in [-0.2, -0.15) is 13.2 Å². The Morgan fingerprint density at radius 1 is 1.20 bits per heavy atom. The third-order valence-corrected chi connectivity index (χ3v) is 3.81. The van der Waals surface area contributed by atoms with Gasteiger partial charge in [0.15, 0.2) is 0 Å². The van der Waals surface area contributed by atoms with E-state index in [2.05, 4.69) is 0 Å². The third-order valence-electron chi connectivity index (χ3n) is 3.59. The van der Waals surface area contributed by atoms with E-state index < -0.39 is 29.6 Å². The maximum Gasteiger partial charge on any atom is 0.430 e. The maximum absolute atomic E-state index is 13.5. The van der Waals surface area contributed by atoms with Crippen LogP contribution < -0.4 is 4.74 Å². The normalized spacial score (nSPS) is 16.7. The van der Waals surface area contributed by atoms with Gasteiger partial charge in [-0.25, -0.2) is 9.18 Å². The molecule has 0 amide bonds. The zero-order valence-electron chi connectivity index (χ0n) is 12.3. The Morgan fingerprint density at radius 3 is 2.52 bits per heavy atom. The molecule has 1 atom stereocenters. The molecule has 2 aromatic rings. The average Bonchev–Trinajstić information content (AvgIpc) is 2.51. The number of carboxylic acid groups (broad SMARTS) is 1. The number of carbonyl (C=O) groups is 1. The van der Waals surface area contributed by atoms with E-state index in [4.69, 9.17) is 21.4 Å². The summed E-state index contributed by atoms with van der Waals surface area (Å²) in [6.45, 7) is 0. The SMILES string of the molecule is O=C(O)C1=Cc2cc(Cl)cc(-c3cccc(F)c3)c2OC1C(F)(F)F. The first-order valence-electron chi connectivity index (χ1n) is 6.94. The van der Waals surface area contributed by atoms with Crippen LogP contribution in [0, 0.1) is 5.82 Å². The van der Waals surface area contributed by atoms with Crippen molar-refractivity contribution in [2.75, 3.05) is 0 Å².